The Balaban J connectivity index is 2.00. The van der Waals surface area contributed by atoms with Crippen LogP contribution in [0.3, 0.4) is 0 Å². The van der Waals surface area contributed by atoms with Gasteiger partial charge in [-0.25, -0.2) is 0 Å². The molecule has 1 aliphatic rings. The van der Waals surface area contributed by atoms with Crippen LogP contribution in [0.4, 0.5) is 0 Å². The lowest BCUT2D eigenvalue weighted by molar-refractivity contribution is 0.118. The van der Waals surface area contributed by atoms with Gasteiger partial charge in [0.2, 0.25) is 0 Å². The molecule has 0 bridgehead atoms. The van der Waals surface area contributed by atoms with E-state index in [0.717, 1.165) is 13.1 Å². The van der Waals surface area contributed by atoms with Crippen LogP contribution in [0.1, 0.15) is 37.8 Å². The van der Waals surface area contributed by atoms with E-state index in [4.69, 9.17) is 0 Å². The zero-order valence-electron chi connectivity index (χ0n) is 11.3. The molecule has 0 unspecified atom stereocenters. The summed E-state index contributed by atoms with van der Waals surface area (Å²) in [7, 11) is 0. The highest BCUT2D eigenvalue weighted by Crippen LogP contribution is 2.23. The minimum atomic E-state index is 0.349. The quantitative estimate of drug-likeness (QED) is 0.886. The zero-order chi connectivity index (χ0) is 12.3. The van der Waals surface area contributed by atoms with Gasteiger partial charge < -0.3 is 5.32 Å². The Morgan fingerprint density at radius 1 is 1.35 bits per heavy atom. The van der Waals surface area contributed by atoms with Crippen molar-refractivity contribution in [3.8, 4) is 0 Å². The molecule has 0 saturated carbocycles. The van der Waals surface area contributed by atoms with Crippen LogP contribution in [-0.4, -0.2) is 30.1 Å². The highest BCUT2D eigenvalue weighted by Gasteiger charge is 2.31. The summed E-state index contributed by atoms with van der Waals surface area (Å²) in [4.78, 5) is 2.61. The lowest BCUT2D eigenvalue weighted by atomic mass is 9.90. The molecule has 2 nitrogen and oxygen atoms in total. The van der Waals surface area contributed by atoms with E-state index in [-0.39, 0.29) is 0 Å². The van der Waals surface area contributed by atoms with E-state index in [2.05, 4.69) is 41.7 Å². The molecule has 0 radical (unpaired) electrons. The SMILES string of the molecule is CCC1(CC)CN(Cc2cscc2C)CCN1. The Kier molecular flexibility index (Phi) is 4.23. The fourth-order valence-electron chi connectivity index (χ4n) is 2.69. The van der Waals surface area contributed by atoms with Crippen molar-refractivity contribution in [1.29, 1.82) is 0 Å². The van der Waals surface area contributed by atoms with Crippen molar-refractivity contribution < 1.29 is 0 Å². The number of hydrogen-bond acceptors (Lipinski definition) is 3. The molecular formula is C14H24N2S. The molecule has 96 valence electrons. The summed E-state index contributed by atoms with van der Waals surface area (Å²) >= 11 is 1.82. The number of hydrogen-bond donors (Lipinski definition) is 1. The summed E-state index contributed by atoms with van der Waals surface area (Å²) in [6.07, 6.45) is 2.45. The Morgan fingerprint density at radius 2 is 2.12 bits per heavy atom. The number of piperazine rings is 1. The molecule has 0 atom stereocenters. The van der Waals surface area contributed by atoms with E-state index >= 15 is 0 Å². The summed E-state index contributed by atoms with van der Waals surface area (Å²) in [5, 5.41) is 8.27. The summed E-state index contributed by atoms with van der Waals surface area (Å²) in [6.45, 7) is 11.4. The molecule has 0 spiro atoms. The Bertz CT molecular complexity index is 355. The fourth-order valence-corrected chi connectivity index (χ4v) is 3.54. The van der Waals surface area contributed by atoms with Crippen LogP contribution in [0.15, 0.2) is 10.8 Å². The number of rotatable bonds is 4. The first kappa shape index (κ1) is 13.1. The van der Waals surface area contributed by atoms with Gasteiger partial charge in [-0.15, -0.1) is 0 Å². The zero-order valence-corrected chi connectivity index (χ0v) is 12.1. The monoisotopic (exact) mass is 252 g/mol. The molecular weight excluding hydrogens is 228 g/mol. The topological polar surface area (TPSA) is 15.3 Å². The van der Waals surface area contributed by atoms with Gasteiger partial charge in [0, 0.05) is 31.7 Å². The standard InChI is InChI=1S/C14H24N2S/c1-4-14(5-2)11-16(7-6-15-14)8-13-10-17-9-12(13)3/h9-10,15H,4-8,11H2,1-3H3. The van der Waals surface area contributed by atoms with Gasteiger partial charge in [-0.05, 0) is 41.7 Å². The van der Waals surface area contributed by atoms with E-state index in [1.165, 1.54) is 37.1 Å². The van der Waals surface area contributed by atoms with Gasteiger partial charge in [0.25, 0.3) is 0 Å². The van der Waals surface area contributed by atoms with Crippen LogP contribution in [0.5, 0.6) is 0 Å². The predicted octanol–water partition coefficient (Wildman–Crippen LogP) is 3.02. The molecule has 1 N–H and O–H groups in total. The average molecular weight is 252 g/mol. The number of nitrogens with zero attached hydrogens (tertiary/aromatic N) is 1. The fraction of sp³-hybridized carbons (Fsp3) is 0.714. The third kappa shape index (κ3) is 2.90. The Labute approximate surface area is 109 Å². The number of thiophene rings is 1. The van der Waals surface area contributed by atoms with Crippen molar-refractivity contribution in [3.05, 3.63) is 21.9 Å². The molecule has 2 rings (SSSR count). The summed E-state index contributed by atoms with van der Waals surface area (Å²) in [5.74, 6) is 0. The Hall–Kier alpha value is -0.380. The van der Waals surface area contributed by atoms with Crippen LogP contribution in [0.2, 0.25) is 0 Å². The third-order valence-corrected chi connectivity index (χ3v) is 5.07. The largest absolute Gasteiger partial charge is 0.309 e. The van der Waals surface area contributed by atoms with Gasteiger partial charge in [-0.1, -0.05) is 13.8 Å². The van der Waals surface area contributed by atoms with Crippen LogP contribution in [-0.2, 0) is 6.54 Å². The van der Waals surface area contributed by atoms with Gasteiger partial charge in [0.05, 0.1) is 0 Å². The maximum Gasteiger partial charge on any atom is 0.0304 e. The van der Waals surface area contributed by atoms with Crippen LogP contribution < -0.4 is 5.32 Å². The van der Waals surface area contributed by atoms with Gasteiger partial charge in [-0.3, -0.25) is 4.90 Å². The van der Waals surface area contributed by atoms with Gasteiger partial charge >= 0.3 is 0 Å². The second-order valence-corrected chi connectivity index (χ2v) is 5.95. The van der Waals surface area contributed by atoms with E-state index in [1.54, 1.807) is 0 Å². The molecule has 1 saturated heterocycles. The molecule has 0 amide bonds. The molecule has 2 heterocycles. The number of aryl methyl sites for hydroxylation is 1. The molecule has 1 aromatic heterocycles. The maximum atomic E-state index is 3.72. The lowest BCUT2D eigenvalue weighted by Gasteiger charge is -2.43. The van der Waals surface area contributed by atoms with Gasteiger partial charge in [-0.2, -0.15) is 11.3 Å². The van der Waals surface area contributed by atoms with Crippen molar-refractivity contribution in [1.82, 2.24) is 10.2 Å². The van der Waals surface area contributed by atoms with Crippen molar-refractivity contribution in [2.45, 2.75) is 45.7 Å². The van der Waals surface area contributed by atoms with Crippen molar-refractivity contribution in [3.63, 3.8) is 0 Å². The van der Waals surface area contributed by atoms with E-state index < -0.39 is 0 Å². The van der Waals surface area contributed by atoms with Crippen molar-refractivity contribution in [2.75, 3.05) is 19.6 Å². The molecule has 1 aliphatic heterocycles. The minimum absolute atomic E-state index is 0.349. The summed E-state index contributed by atoms with van der Waals surface area (Å²) < 4.78 is 0. The first-order valence-corrected chi connectivity index (χ1v) is 7.62. The summed E-state index contributed by atoms with van der Waals surface area (Å²) in [5.41, 5.74) is 3.31. The van der Waals surface area contributed by atoms with Crippen LogP contribution in [0.25, 0.3) is 0 Å². The molecule has 1 aromatic rings. The van der Waals surface area contributed by atoms with Crippen molar-refractivity contribution in [2.24, 2.45) is 0 Å². The van der Waals surface area contributed by atoms with E-state index in [0.29, 0.717) is 5.54 Å². The van der Waals surface area contributed by atoms with E-state index in [1.807, 2.05) is 11.3 Å². The second kappa shape index (κ2) is 5.51. The third-order valence-electron chi connectivity index (χ3n) is 4.16. The molecule has 1 fully saturated rings. The molecule has 0 aromatic carbocycles. The van der Waals surface area contributed by atoms with Crippen LogP contribution >= 0.6 is 11.3 Å². The van der Waals surface area contributed by atoms with Crippen LogP contribution in [0, 0.1) is 6.92 Å². The summed E-state index contributed by atoms with van der Waals surface area (Å²) in [6, 6.07) is 0. The Morgan fingerprint density at radius 3 is 2.71 bits per heavy atom. The number of nitrogens with one attached hydrogen (secondary N) is 1. The van der Waals surface area contributed by atoms with E-state index in [9.17, 15) is 0 Å². The predicted molar refractivity (Wildman–Crippen MR) is 75.6 cm³/mol. The second-order valence-electron chi connectivity index (χ2n) is 5.20. The molecule has 0 aliphatic carbocycles. The average Bonchev–Trinajstić information content (AvgIpc) is 2.75. The van der Waals surface area contributed by atoms with Gasteiger partial charge in [0.15, 0.2) is 0 Å². The lowest BCUT2D eigenvalue weighted by Crippen LogP contribution is -2.59. The maximum absolute atomic E-state index is 3.72. The minimum Gasteiger partial charge on any atom is -0.309 e. The smallest absolute Gasteiger partial charge is 0.0304 e. The van der Waals surface area contributed by atoms with Crippen molar-refractivity contribution >= 4 is 11.3 Å². The highest BCUT2D eigenvalue weighted by molar-refractivity contribution is 7.08. The highest BCUT2D eigenvalue weighted by atomic mass is 32.1. The molecule has 3 heteroatoms. The molecule has 17 heavy (non-hydrogen) atoms. The first-order valence-electron chi connectivity index (χ1n) is 6.68. The normalized spacial score (nSPS) is 20.6. The van der Waals surface area contributed by atoms with Gasteiger partial charge in [0.1, 0.15) is 0 Å². The first-order chi connectivity index (χ1) is 8.19.